The second-order valence-electron chi connectivity index (χ2n) is 9.58. The van der Waals surface area contributed by atoms with E-state index in [2.05, 4.69) is 19.9 Å². The molecule has 4 heteroatoms. The summed E-state index contributed by atoms with van der Waals surface area (Å²) in [5.74, 6) is 3.58. The van der Waals surface area contributed by atoms with Gasteiger partial charge in [-0.05, 0) is 87.0 Å². The van der Waals surface area contributed by atoms with Crippen molar-refractivity contribution < 1.29 is 14.3 Å². The highest BCUT2D eigenvalue weighted by Crippen LogP contribution is 2.66. The second kappa shape index (κ2) is 6.79. The van der Waals surface area contributed by atoms with Crippen LogP contribution in [0.25, 0.3) is 0 Å². The number of Topliss-reactive ketones (excluding diaryl/α,β-unsaturated/α-hetero) is 1. The average Bonchev–Trinajstić information content (AvgIpc) is 2.98. The molecule has 6 atom stereocenters. The molecule has 0 heterocycles. The predicted molar refractivity (Wildman–Crippen MR) is 109 cm³/mol. The van der Waals surface area contributed by atoms with Gasteiger partial charge in [0.1, 0.15) is 11.7 Å². The van der Waals surface area contributed by atoms with Crippen molar-refractivity contribution in [1.29, 1.82) is 0 Å². The topological polar surface area (TPSA) is 43.4 Å². The van der Waals surface area contributed by atoms with Crippen LogP contribution in [0.15, 0.2) is 23.5 Å². The molecule has 148 valence electrons. The number of carbonyl (C=O) groups is 2. The Hall–Kier alpha value is -1.03. The highest BCUT2D eigenvalue weighted by atomic mass is 32.2. The Morgan fingerprint density at radius 3 is 2.70 bits per heavy atom. The number of rotatable bonds is 4. The summed E-state index contributed by atoms with van der Waals surface area (Å²) in [7, 11) is 0. The highest BCUT2D eigenvalue weighted by Gasteiger charge is 2.59. The SMILES string of the molecule is CSCOC1=C[C@@]2(C)C(=CC1=O)CC[C@H]1[C@@H]3CC[C@H](C(C)=O)[C@@]3(C)CC[C@@H]12. The third-order valence-corrected chi connectivity index (χ3v) is 8.80. The van der Waals surface area contributed by atoms with Gasteiger partial charge in [-0.15, -0.1) is 11.8 Å². The number of carbonyl (C=O) groups excluding carboxylic acids is 2. The summed E-state index contributed by atoms with van der Waals surface area (Å²) >= 11 is 1.60. The summed E-state index contributed by atoms with van der Waals surface area (Å²) in [5, 5.41) is 0. The average molecular weight is 389 g/mol. The summed E-state index contributed by atoms with van der Waals surface area (Å²) in [4.78, 5) is 24.8. The van der Waals surface area contributed by atoms with Crippen molar-refractivity contribution in [3.63, 3.8) is 0 Å². The molecule has 0 saturated heterocycles. The summed E-state index contributed by atoms with van der Waals surface area (Å²) in [5.41, 5.74) is 1.41. The first-order valence-electron chi connectivity index (χ1n) is 10.4. The van der Waals surface area contributed by atoms with E-state index in [1.165, 1.54) is 18.4 Å². The Balaban J connectivity index is 1.65. The molecular formula is C23H32O3S. The maximum Gasteiger partial charge on any atom is 0.220 e. The van der Waals surface area contributed by atoms with Crippen molar-refractivity contribution in [2.75, 3.05) is 12.2 Å². The monoisotopic (exact) mass is 388 g/mol. The van der Waals surface area contributed by atoms with Crippen LogP contribution in [0, 0.1) is 34.5 Å². The lowest BCUT2D eigenvalue weighted by Crippen LogP contribution is -2.50. The van der Waals surface area contributed by atoms with E-state index < -0.39 is 0 Å². The zero-order chi connectivity index (χ0) is 19.4. The van der Waals surface area contributed by atoms with Gasteiger partial charge in [-0.2, -0.15) is 0 Å². The Bertz CT molecular complexity index is 723. The molecule has 0 aromatic heterocycles. The molecule has 4 aliphatic rings. The molecule has 0 spiro atoms. The number of fused-ring (bicyclic) bond motifs is 5. The van der Waals surface area contributed by atoms with Gasteiger partial charge in [0.05, 0.1) is 0 Å². The van der Waals surface area contributed by atoms with Crippen LogP contribution in [0.4, 0.5) is 0 Å². The molecule has 0 aromatic rings. The molecule has 4 aliphatic carbocycles. The van der Waals surface area contributed by atoms with E-state index in [4.69, 9.17) is 4.74 Å². The minimum absolute atomic E-state index is 0.0353. The van der Waals surface area contributed by atoms with E-state index in [9.17, 15) is 9.59 Å². The Morgan fingerprint density at radius 2 is 2.00 bits per heavy atom. The van der Waals surface area contributed by atoms with Crippen molar-refractivity contribution in [3.05, 3.63) is 23.5 Å². The zero-order valence-corrected chi connectivity index (χ0v) is 17.9. The van der Waals surface area contributed by atoms with Crippen LogP contribution in [-0.2, 0) is 14.3 Å². The van der Waals surface area contributed by atoms with Crippen molar-refractivity contribution in [2.24, 2.45) is 34.5 Å². The lowest BCUT2D eigenvalue weighted by Gasteiger charge is -2.57. The molecule has 27 heavy (non-hydrogen) atoms. The third kappa shape index (κ3) is 2.85. The van der Waals surface area contributed by atoms with Gasteiger partial charge in [0, 0.05) is 11.3 Å². The van der Waals surface area contributed by atoms with Gasteiger partial charge >= 0.3 is 0 Å². The molecular weight excluding hydrogens is 356 g/mol. The second-order valence-corrected chi connectivity index (χ2v) is 10.4. The minimum atomic E-state index is -0.0692. The Morgan fingerprint density at radius 1 is 1.22 bits per heavy atom. The van der Waals surface area contributed by atoms with Crippen LogP contribution >= 0.6 is 11.8 Å². The molecule has 3 fully saturated rings. The van der Waals surface area contributed by atoms with Crippen molar-refractivity contribution >= 4 is 23.3 Å². The largest absolute Gasteiger partial charge is 0.479 e. The molecule has 0 amide bonds. The first kappa shape index (κ1) is 19.3. The quantitative estimate of drug-likeness (QED) is 0.624. The number of allylic oxidation sites excluding steroid dienone is 3. The number of hydrogen-bond acceptors (Lipinski definition) is 4. The van der Waals surface area contributed by atoms with Crippen LogP contribution in [0.1, 0.15) is 59.3 Å². The molecule has 0 N–H and O–H groups in total. The predicted octanol–water partition coefficient (Wildman–Crippen LogP) is 5.16. The van der Waals surface area contributed by atoms with Gasteiger partial charge in [-0.3, -0.25) is 9.59 Å². The minimum Gasteiger partial charge on any atom is -0.479 e. The van der Waals surface area contributed by atoms with Crippen molar-refractivity contribution in [2.45, 2.75) is 59.3 Å². The fraction of sp³-hybridized carbons (Fsp3) is 0.739. The first-order chi connectivity index (χ1) is 12.8. The number of thioether (sulfide) groups is 1. The first-order valence-corrected chi connectivity index (χ1v) is 11.8. The van der Waals surface area contributed by atoms with Gasteiger partial charge in [0.2, 0.25) is 5.78 Å². The lowest BCUT2D eigenvalue weighted by molar-refractivity contribution is -0.127. The summed E-state index contributed by atoms with van der Waals surface area (Å²) in [6.07, 6.45) is 12.7. The highest BCUT2D eigenvalue weighted by molar-refractivity contribution is 7.98. The number of hydrogen-bond donors (Lipinski definition) is 0. The van der Waals surface area contributed by atoms with E-state index in [0.717, 1.165) is 25.7 Å². The molecule has 0 unspecified atom stereocenters. The van der Waals surface area contributed by atoms with Gasteiger partial charge in [0.25, 0.3) is 0 Å². The molecule has 0 bridgehead atoms. The third-order valence-electron chi connectivity index (χ3n) is 8.45. The number of ketones is 2. The van der Waals surface area contributed by atoms with E-state index in [-0.39, 0.29) is 22.5 Å². The van der Waals surface area contributed by atoms with E-state index in [1.807, 2.05) is 12.3 Å². The Kier molecular flexibility index (Phi) is 4.85. The van der Waals surface area contributed by atoms with Crippen molar-refractivity contribution in [3.8, 4) is 0 Å². The molecule has 0 radical (unpaired) electrons. The van der Waals surface area contributed by atoms with Crippen LogP contribution in [-0.4, -0.2) is 23.8 Å². The normalized spacial score (nSPS) is 43.2. The van der Waals surface area contributed by atoms with Gasteiger partial charge in [-0.25, -0.2) is 0 Å². The maximum absolute atomic E-state index is 12.5. The van der Waals surface area contributed by atoms with Gasteiger partial charge in [-0.1, -0.05) is 19.4 Å². The summed E-state index contributed by atoms with van der Waals surface area (Å²) in [6.45, 7) is 6.50. The van der Waals surface area contributed by atoms with Crippen LogP contribution < -0.4 is 0 Å². The lowest BCUT2D eigenvalue weighted by atomic mass is 9.47. The van der Waals surface area contributed by atoms with Gasteiger partial charge in [0.15, 0.2) is 5.76 Å². The maximum atomic E-state index is 12.5. The fourth-order valence-electron chi connectivity index (χ4n) is 7.17. The Labute approximate surface area is 167 Å². The molecule has 0 aromatic carbocycles. The number of ether oxygens (including phenoxy) is 1. The van der Waals surface area contributed by atoms with Crippen molar-refractivity contribution in [1.82, 2.24) is 0 Å². The van der Waals surface area contributed by atoms with Crippen LogP contribution in [0.2, 0.25) is 0 Å². The standard InChI is InChI=1S/C23H32O3S/c1-14(24)17-7-8-18-16-6-5-15-11-20(25)21(26-13-27-4)12-23(15,3)19(16)9-10-22(17,18)2/h11-12,16-19H,5-10,13H2,1-4H3/t16-,17+,18-,19-,22+,23-/m0/s1. The summed E-state index contributed by atoms with van der Waals surface area (Å²) < 4.78 is 5.78. The van der Waals surface area contributed by atoms with Crippen LogP contribution in [0.5, 0.6) is 0 Å². The molecule has 0 aliphatic heterocycles. The molecule has 3 nitrogen and oxygen atoms in total. The zero-order valence-electron chi connectivity index (χ0n) is 17.0. The van der Waals surface area contributed by atoms with Gasteiger partial charge < -0.3 is 4.74 Å². The van der Waals surface area contributed by atoms with E-state index in [0.29, 0.717) is 35.2 Å². The van der Waals surface area contributed by atoms with E-state index >= 15 is 0 Å². The smallest absolute Gasteiger partial charge is 0.220 e. The molecule has 4 rings (SSSR count). The molecule has 3 saturated carbocycles. The summed E-state index contributed by atoms with van der Waals surface area (Å²) in [6, 6.07) is 0. The van der Waals surface area contributed by atoms with Crippen LogP contribution in [0.3, 0.4) is 0 Å². The fourth-order valence-corrected chi connectivity index (χ4v) is 7.41. The van der Waals surface area contributed by atoms with E-state index in [1.54, 1.807) is 18.7 Å².